The first-order valence-corrected chi connectivity index (χ1v) is 14.7. The van der Waals surface area contributed by atoms with Gasteiger partial charge in [-0.3, -0.25) is 4.79 Å². The van der Waals surface area contributed by atoms with Crippen molar-refractivity contribution in [3.05, 3.63) is 77.9 Å². The van der Waals surface area contributed by atoms with E-state index >= 15 is 0 Å². The highest BCUT2D eigenvalue weighted by Crippen LogP contribution is 2.45. The zero-order valence-electron chi connectivity index (χ0n) is 24.4. The van der Waals surface area contributed by atoms with Gasteiger partial charge in [0.15, 0.2) is 0 Å². The minimum atomic E-state index is -0.726. The van der Waals surface area contributed by atoms with Crippen LogP contribution in [-0.2, 0) is 10.2 Å². The Morgan fingerprint density at radius 1 is 0.950 bits per heavy atom. The average molecular weight is 542 g/mol. The van der Waals surface area contributed by atoms with Crippen LogP contribution in [0.25, 0.3) is 11.1 Å². The number of rotatable bonds is 10. The zero-order chi connectivity index (χ0) is 28.3. The van der Waals surface area contributed by atoms with Crippen LogP contribution < -0.4 is 14.4 Å². The van der Waals surface area contributed by atoms with Crippen LogP contribution in [0, 0.1) is 11.8 Å². The van der Waals surface area contributed by atoms with Crippen LogP contribution >= 0.6 is 0 Å². The van der Waals surface area contributed by atoms with Gasteiger partial charge in [-0.25, -0.2) is 0 Å². The zero-order valence-corrected chi connectivity index (χ0v) is 24.4. The molecule has 3 aromatic carbocycles. The monoisotopic (exact) mass is 541 g/mol. The summed E-state index contributed by atoms with van der Waals surface area (Å²) < 4.78 is 11.9. The highest BCUT2D eigenvalue weighted by Gasteiger charge is 2.34. The summed E-state index contributed by atoms with van der Waals surface area (Å²) >= 11 is 0. The van der Waals surface area contributed by atoms with E-state index in [1.165, 1.54) is 22.4 Å². The molecule has 1 N–H and O–H groups in total. The van der Waals surface area contributed by atoms with Gasteiger partial charge in [-0.2, -0.15) is 0 Å². The number of aliphatic carboxylic acids is 1. The molecule has 1 heterocycles. The third-order valence-electron chi connectivity index (χ3n) is 8.58. The second kappa shape index (κ2) is 12.0. The number of ether oxygens (including phenoxy) is 2. The van der Waals surface area contributed by atoms with E-state index in [1.807, 2.05) is 12.1 Å². The number of hydrogen-bond acceptors (Lipinski definition) is 4. The Morgan fingerprint density at radius 2 is 1.68 bits per heavy atom. The van der Waals surface area contributed by atoms with E-state index in [0.717, 1.165) is 55.8 Å². The third kappa shape index (κ3) is 6.80. The topological polar surface area (TPSA) is 59.0 Å². The van der Waals surface area contributed by atoms with Crippen LogP contribution in [0.3, 0.4) is 0 Å². The lowest BCUT2D eigenvalue weighted by Gasteiger charge is -2.35. The van der Waals surface area contributed by atoms with Crippen molar-refractivity contribution in [2.24, 2.45) is 11.8 Å². The lowest BCUT2D eigenvalue weighted by Crippen LogP contribution is -2.35. The number of anilines is 1. The second-order valence-electron chi connectivity index (χ2n) is 12.6. The van der Waals surface area contributed by atoms with E-state index in [-0.39, 0.29) is 17.8 Å². The van der Waals surface area contributed by atoms with Gasteiger partial charge in [0.05, 0.1) is 20.1 Å². The van der Waals surface area contributed by atoms with Crippen molar-refractivity contribution >= 4 is 11.7 Å². The van der Waals surface area contributed by atoms with Crippen molar-refractivity contribution in [3.63, 3.8) is 0 Å². The molecule has 5 nitrogen and oxygen atoms in total. The van der Waals surface area contributed by atoms with Gasteiger partial charge in [0.25, 0.3) is 0 Å². The summed E-state index contributed by atoms with van der Waals surface area (Å²) in [5.74, 6) is 2.07. The summed E-state index contributed by atoms with van der Waals surface area (Å²) in [5.41, 5.74) is 6.24. The fourth-order valence-corrected chi connectivity index (χ4v) is 5.93. The number of hydrogen-bond donors (Lipinski definition) is 1. The Labute approximate surface area is 239 Å². The number of piperidine rings is 1. The van der Waals surface area contributed by atoms with Crippen molar-refractivity contribution in [2.45, 2.75) is 64.2 Å². The highest BCUT2D eigenvalue weighted by atomic mass is 16.5. The summed E-state index contributed by atoms with van der Waals surface area (Å²) in [6.07, 6.45) is 4.56. The van der Waals surface area contributed by atoms with Crippen molar-refractivity contribution < 1.29 is 19.4 Å². The molecule has 1 unspecified atom stereocenters. The molecule has 40 heavy (non-hydrogen) atoms. The van der Waals surface area contributed by atoms with Crippen LogP contribution in [0.4, 0.5) is 5.69 Å². The highest BCUT2D eigenvalue weighted by molar-refractivity contribution is 5.80. The first kappa shape index (κ1) is 28.1. The Hall–Kier alpha value is -3.47. The molecule has 212 valence electrons. The Bertz CT molecular complexity index is 1300. The molecule has 1 aliphatic carbocycles. The molecule has 1 saturated heterocycles. The summed E-state index contributed by atoms with van der Waals surface area (Å²) in [7, 11) is 1.73. The normalized spacial score (nSPS) is 16.9. The Kier molecular flexibility index (Phi) is 8.39. The minimum Gasteiger partial charge on any atom is -0.497 e. The molecule has 2 fully saturated rings. The molecule has 3 aromatic rings. The van der Waals surface area contributed by atoms with E-state index in [1.54, 1.807) is 7.11 Å². The molecular weight excluding hydrogens is 498 g/mol. The molecule has 5 heteroatoms. The Morgan fingerprint density at radius 3 is 2.30 bits per heavy atom. The number of carbonyl (C=O) groups is 1. The summed E-state index contributed by atoms with van der Waals surface area (Å²) in [6.45, 7) is 9.36. The predicted octanol–water partition coefficient (Wildman–Crippen LogP) is 7.92. The van der Waals surface area contributed by atoms with Gasteiger partial charge in [0, 0.05) is 30.4 Å². The van der Waals surface area contributed by atoms with Crippen molar-refractivity contribution in [1.29, 1.82) is 0 Å². The maximum atomic E-state index is 11.4. The van der Waals surface area contributed by atoms with Gasteiger partial charge < -0.3 is 19.5 Å². The maximum absolute atomic E-state index is 11.4. The third-order valence-corrected chi connectivity index (χ3v) is 8.58. The van der Waals surface area contributed by atoms with Gasteiger partial charge in [0.2, 0.25) is 0 Å². The van der Waals surface area contributed by atoms with Gasteiger partial charge in [-0.1, -0.05) is 57.2 Å². The molecule has 0 bridgehead atoms. The first-order valence-electron chi connectivity index (χ1n) is 14.7. The number of benzene rings is 3. The van der Waals surface area contributed by atoms with Crippen LogP contribution in [0.1, 0.15) is 69.9 Å². The number of carboxylic acids is 1. The number of carboxylic acid groups (broad SMARTS) is 1. The van der Waals surface area contributed by atoms with E-state index in [2.05, 4.69) is 80.3 Å². The largest absolute Gasteiger partial charge is 0.497 e. The lowest BCUT2D eigenvalue weighted by atomic mass is 9.86. The first-order chi connectivity index (χ1) is 19.2. The fourth-order valence-electron chi connectivity index (χ4n) is 5.93. The quantitative estimate of drug-likeness (QED) is 0.282. The van der Waals surface area contributed by atoms with E-state index in [4.69, 9.17) is 9.47 Å². The van der Waals surface area contributed by atoms with Crippen molar-refractivity contribution in [2.75, 3.05) is 31.7 Å². The average Bonchev–Trinajstić information content (AvgIpc) is 3.80. The second-order valence-corrected chi connectivity index (χ2v) is 12.6. The summed E-state index contributed by atoms with van der Waals surface area (Å²) in [6, 6.07) is 23.5. The molecule has 0 amide bonds. The number of methoxy groups -OCH3 is 1. The molecular formula is C35H43NO4. The number of nitrogens with zero attached hydrogens (tertiary/aromatic N) is 1. The van der Waals surface area contributed by atoms with Crippen molar-refractivity contribution in [3.8, 4) is 22.6 Å². The van der Waals surface area contributed by atoms with Crippen LogP contribution in [-0.4, -0.2) is 37.9 Å². The van der Waals surface area contributed by atoms with Gasteiger partial charge in [-0.15, -0.1) is 0 Å². The fraction of sp³-hybridized carbons (Fsp3) is 0.457. The predicted molar refractivity (Wildman–Crippen MR) is 162 cm³/mol. The molecule has 1 aliphatic heterocycles. The van der Waals surface area contributed by atoms with Crippen LogP contribution in [0.15, 0.2) is 66.7 Å². The van der Waals surface area contributed by atoms with Crippen LogP contribution in [0.2, 0.25) is 0 Å². The standard InChI is InChI=1S/C35H43NO4/c1-35(2,3)28-12-10-25(11-13-28)31-15-14-29(39-4)21-33(31)36-18-16-24(17-19-36)23-40-30-7-5-6-27(20-30)32(22-34(37)38)26-8-9-26/h5-7,10-15,20-21,24,26,32H,8-9,16-19,22-23H2,1-4H3,(H,37,38). The molecule has 5 rings (SSSR count). The SMILES string of the molecule is COc1ccc(-c2ccc(C(C)(C)C)cc2)c(N2CCC(COc3cccc(C(CC(=O)O)C4CC4)c3)CC2)c1. The molecule has 1 atom stereocenters. The minimum absolute atomic E-state index is 0.0889. The summed E-state index contributed by atoms with van der Waals surface area (Å²) in [5, 5.41) is 9.38. The Balaban J connectivity index is 1.23. The molecule has 0 aromatic heterocycles. The van der Waals surface area contributed by atoms with Crippen molar-refractivity contribution in [1.82, 2.24) is 0 Å². The van der Waals surface area contributed by atoms with Gasteiger partial charge in [-0.05, 0) is 89.8 Å². The maximum Gasteiger partial charge on any atom is 0.303 e. The molecule has 1 saturated carbocycles. The van der Waals surface area contributed by atoms with Crippen LogP contribution in [0.5, 0.6) is 11.5 Å². The smallest absolute Gasteiger partial charge is 0.303 e. The molecule has 2 aliphatic rings. The van der Waals surface area contributed by atoms with Gasteiger partial charge in [0.1, 0.15) is 11.5 Å². The van der Waals surface area contributed by atoms with E-state index in [0.29, 0.717) is 18.4 Å². The van der Waals surface area contributed by atoms with E-state index in [9.17, 15) is 9.90 Å². The van der Waals surface area contributed by atoms with E-state index < -0.39 is 5.97 Å². The lowest BCUT2D eigenvalue weighted by molar-refractivity contribution is -0.137. The molecule has 0 radical (unpaired) electrons. The summed E-state index contributed by atoms with van der Waals surface area (Å²) in [4.78, 5) is 13.9. The van der Waals surface area contributed by atoms with Gasteiger partial charge >= 0.3 is 5.97 Å². The molecule has 0 spiro atoms.